The predicted octanol–water partition coefficient (Wildman–Crippen LogP) is 1.36. The van der Waals surface area contributed by atoms with Crippen molar-refractivity contribution in [1.29, 1.82) is 0 Å². The molecule has 0 amide bonds. The van der Waals surface area contributed by atoms with Gasteiger partial charge < -0.3 is 5.11 Å². The van der Waals surface area contributed by atoms with Crippen molar-refractivity contribution in [3.05, 3.63) is 39.9 Å². The Hall–Kier alpha value is -1.27. The summed E-state index contributed by atoms with van der Waals surface area (Å²) in [5.74, 6) is 0. The number of halogens is 1. The van der Waals surface area contributed by atoms with Crippen molar-refractivity contribution >= 4 is 15.9 Å². The molecular formula is C10H11BrN4O. The number of aliphatic hydroxyl groups excluding tert-OH is 1. The van der Waals surface area contributed by atoms with Gasteiger partial charge in [0.1, 0.15) is 11.8 Å². The zero-order valence-electron chi connectivity index (χ0n) is 8.92. The van der Waals surface area contributed by atoms with E-state index in [2.05, 4.69) is 31.2 Å². The fourth-order valence-corrected chi connectivity index (χ4v) is 2.06. The Labute approximate surface area is 101 Å². The van der Waals surface area contributed by atoms with Crippen molar-refractivity contribution in [3.63, 3.8) is 0 Å². The van der Waals surface area contributed by atoms with Crippen LogP contribution in [0.15, 0.2) is 23.1 Å². The largest absolute Gasteiger partial charge is 0.382 e. The standard InChI is InChI=1S/C10H11BrN4O/c1-6-3-7(5-12-4-6)9(16)8-10(11)13-14-15(8)2/h3-5,9,16H,1-2H3. The Morgan fingerprint density at radius 1 is 1.44 bits per heavy atom. The third kappa shape index (κ3) is 1.98. The minimum atomic E-state index is -0.776. The van der Waals surface area contributed by atoms with Crippen LogP contribution in [-0.2, 0) is 7.05 Å². The summed E-state index contributed by atoms with van der Waals surface area (Å²) in [7, 11) is 1.74. The molecule has 16 heavy (non-hydrogen) atoms. The van der Waals surface area contributed by atoms with E-state index in [0.29, 0.717) is 10.3 Å². The first-order valence-electron chi connectivity index (χ1n) is 4.74. The Balaban J connectivity index is 2.43. The summed E-state index contributed by atoms with van der Waals surface area (Å²) >= 11 is 3.26. The topological polar surface area (TPSA) is 63.8 Å². The molecule has 0 saturated heterocycles. The highest BCUT2D eigenvalue weighted by Crippen LogP contribution is 2.26. The number of pyridine rings is 1. The summed E-state index contributed by atoms with van der Waals surface area (Å²) < 4.78 is 2.08. The first kappa shape index (κ1) is 11.2. The van der Waals surface area contributed by atoms with Gasteiger partial charge in [-0.25, -0.2) is 4.68 Å². The molecular weight excluding hydrogens is 272 g/mol. The molecule has 0 spiro atoms. The molecule has 2 heterocycles. The van der Waals surface area contributed by atoms with Gasteiger partial charge in [-0.3, -0.25) is 4.98 Å². The molecule has 0 bridgehead atoms. The molecule has 0 aliphatic rings. The van der Waals surface area contributed by atoms with Crippen molar-refractivity contribution in [2.75, 3.05) is 0 Å². The second kappa shape index (κ2) is 4.31. The van der Waals surface area contributed by atoms with E-state index in [4.69, 9.17) is 0 Å². The number of aliphatic hydroxyl groups is 1. The SMILES string of the molecule is Cc1cncc(C(O)c2c(Br)nnn2C)c1. The molecule has 2 rings (SSSR count). The van der Waals surface area contributed by atoms with Gasteiger partial charge in [0.15, 0.2) is 4.60 Å². The van der Waals surface area contributed by atoms with Crippen LogP contribution in [0.2, 0.25) is 0 Å². The van der Waals surface area contributed by atoms with Gasteiger partial charge in [0.25, 0.3) is 0 Å². The normalized spacial score (nSPS) is 12.8. The highest BCUT2D eigenvalue weighted by Gasteiger charge is 2.19. The van der Waals surface area contributed by atoms with Gasteiger partial charge >= 0.3 is 0 Å². The minimum Gasteiger partial charge on any atom is -0.382 e. The summed E-state index contributed by atoms with van der Waals surface area (Å²) in [6.07, 6.45) is 2.60. The third-order valence-corrected chi connectivity index (χ3v) is 2.86. The van der Waals surface area contributed by atoms with E-state index >= 15 is 0 Å². The molecule has 84 valence electrons. The van der Waals surface area contributed by atoms with Crippen LogP contribution in [0, 0.1) is 6.92 Å². The van der Waals surface area contributed by atoms with E-state index in [-0.39, 0.29) is 0 Å². The highest BCUT2D eigenvalue weighted by atomic mass is 79.9. The molecule has 0 saturated carbocycles. The fraction of sp³-hybridized carbons (Fsp3) is 0.300. The molecule has 0 radical (unpaired) electrons. The van der Waals surface area contributed by atoms with Crippen molar-refractivity contribution in [1.82, 2.24) is 20.0 Å². The molecule has 5 nitrogen and oxygen atoms in total. The van der Waals surface area contributed by atoms with E-state index in [9.17, 15) is 5.11 Å². The number of hydrogen-bond acceptors (Lipinski definition) is 4. The lowest BCUT2D eigenvalue weighted by atomic mass is 10.1. The summed E-state index contributed by atoms with van der Waals surface area (Å²) in [6, 6.07) is 1.89. The molecule has 0 aliphatic carbocycles. The molecule has 6 heteroatoms. The van der Waals surface area contributed by atoms with Crippen molar-refractivity contribution in [2.45, 2.75) is 13.0 Å². The highest BCUT2D eigenvalue weighted by molar-refractivity contribution is 9.10. The maximum absolute atomic E-state index is 10.2. The number of nitrogens with zero attached hydrogens (tertiary/aromatic N) is 4. The van der Waals surface area contributed by atoms with Crippen LogP contribution >= 0.6 is 15.9 Å². The third-order valence-electron chi connectivity index (χ3n) is 2.30. The molecule has 2 aromatic heterocycles. The van der Waals surface area contributed by atoms with Crippen molar-refractivity contribution < 1.29 is 5.11 Å². The summed E-state index contributed by atoms with van der Waals surface area (Å²) in [6.45, 7) is 1.93. The molecule has 1 atom stereocenters. The second-order valence-corrected chi connectivity index (χ2v) is 4.34. The molecule has 2 aromatic rings. The van der Waals surface area contributed by atoms with Gasteiger partial charge in [-0.1, -0.05) is 11.3 Å². The number of aromatic nitrogens is 4. The van der Waals surface area contributed by atoms with Crippen LogP contribution in [0.4, 0.5) is 0 Å². The zero-order valence-corrected chi connectivity index (χ0v) is 10.5. The smallest absolute Gasteiger partial charge is 0.154 e. The monoisotopic (exact) mass is 282 g/mol. The Morgan fingerprint density at radius 3 is 2.75 bits per heavy atom. The Morgan fingerprint density at radius 2 is 2.19 bits per heavy atom. The van der Waals surface area contributed by atoms with Gasteiger partial charge in [-0.15, -0.1) is 5.10 Å². The van der Waals surface area contributed by atoms with Crippen LogP contribution in [0.3, 0.4) is 0 Å². The van der Waals surface area contributed by atoms with E-state index < -0.39 is 6.10 Å². The van der Waals surface area contributed by atoms with Crippen LogP contribution in [0.1, 0.15) is 22.9 Å². The lowest BCUT2D eigenvalue weighted by Crippen LogP contribution is -2.07. The molecule has 0 fully saturated rings. The fourth-order valence-electron chi connectivity index (χ4n) is 1.51. The maximum atomic E-state index is 10.2. The summed E-state index contributed by atoms with van der Waals surface area (Å²) in [5, 5.41) is 17.9. The van der Waals surface area contributed by atoms with E-state index in [1.54, 1.807) is 19.4 Å². The van der Waals surface area contributed by atoms with Crippen LogP contribution in [-0.4, -0.2) is 25.1 Å². The molecule has 1 unspecified atom stereocenters. The van der Waals surface area contributed by atoms with Gasteiger partial charge in [0, 0.05) is 25.0 Å². The van der Waals surface area contributed by atoms with Gasteiger partial charge in [0.05, 0.1) is 0 Å². The first-order valence-corrected chi connectivity index (χ1v) is 5.53. The Bertz CT molecular complexity index is 492. The number of aryl methyl sites for hydroxylation is 2. The number of rotatable bonds is 2. The van der Waals surface area contributed by atoms with E-state index in [0.717, 1.165) is 11.1 Å². The molecule has 1 N–H and O–H groups in total. The quantitative estimate of drug-likeness (QED) is 0.904. The second-order valence-electron chi connectivity index (χ2n) is 3.59. The van der Waals surface area contributed by atoms with Gasteiger partial charge in [-0.2, -0.15) is 0 Å². The van der Waals surface area contributed by atoms with Crippen molar-refractivity contribution in [2.24, 2.45) is 7.05 Å². The summed E-state index contributed by atoms with van der Waals surface area (Å²) in [5.41, 5.74) is 2.35. The molecule has 0 aromatic carbocycles. The Kier molecular flexibility index (Phi) is 3.02. The van der Waals surface area contributed by atoms with E-state index in [1.165, 1.54) is 4.68 Å². The zero-order chi connectivity index (χ0) is 11.7. The lowest BCUT2D eigenvalue weighted by molar-refractivity contribution is 0.208. The van der Waals surface area contributed by atoms with Gasteiger partial charge in [-0.05, 0) is 28.4 Å². The lowest BCUT2D eigenvalue weighted by Gasteiger charge is -2.11. The average molecular weight is 283 g/mol. The van der Waals surface area contributed by atoms with Crippen molar-refractivity contribution in [3.8, 4) is 0 Å². The van der Waals surface area contributed by atoms with Gasteiger partial charge in [0.2, 0.25) is 0 Å². The average Bonchev–Trinajstić information content (AvgIpc) is 2.58. The summed E-state index contributed by atoms with van der Waals surface area (Å²) in [4.78, 5) is 4.05. The number of hydrogen-bond donors (Lipinski definition) is 1. The maximum Gasteiger partial charge on any atom is 0.154 e. The molecule has 0 aliphatic heterocycles. The predicted molar refractivity (Wildman–Crippen MR) is 61.7 cm³/mol. The first-order chi connectivity index (χ1) is 7.59. The van der Waals surface area contributed by atoms with Crippen LogP contribution < -0.4 is 0 Å². The van der Waals surface area contributed by atoms with Crippen LogP contribution in [0.25, 0.3) is 0 Å². The van der Waals surface area contributed by atoms with E-state index in [1.807, 2.05) is 13.0 Å². The minimum absolute atomic E-state index is 0.545. The van der Waals surface area contributed by atoms with Crippen LogP contribution in [0.5, 0.6) is 0 Å².